The number of carbonyl (C=O) groups is 9. The number of hydrogen-bond acceptors (Lipinski definition) is 31. The number of fused-ring (bicyclic) bond motifs is 15. The number of carbonyl (C=O) groups excluding carboxylic acids is 9. The Balaban J connectivity index is 1.08. The maximum Gasteiger partial charge on any atom is 0.295 e. The number of hydrogen-bond donors (Lipinski definition) is 21. The molecule has 1 saturated heterocycles. The van der Waals surface area contributed by atoms with Crippen molar-refractivity contribution in [3.8, 4) is 68.6 Å². The molecule has 0 spiro atoms. The summed E-state index contributed by atoms with van der Waals surface area (Å²) in [7, 11) is -1.71. The van der Waals surface area contributed by atoms with E-state index in [0.29, 0.717) is 6.42 Å². The first-order valence-electron chi connectivity index (χ1n) is 43.6. The number of aliphatic hydroxyl groups is 11. The van der Waals surface area contributed by atoms with Gasteiger partial charge < -0.3 is 138 Å². The Morgan fingerprint density at radius 1 is 0.742 bits per heavy atom. The Bertz CT molecular complexity index is 5290. The lowest BCUT2D eigenvalue weighted by Crippen LogP contribution is -2.64. The summed E-state index contributed by atoms with van der Waals surface area (Å²) in [5, 5.41) is 175. The minimum absolute atomic E-state index is 0.00579. The van der Waals surface area contributed by atoms with Gasteiger partial charge in [-0.25, -0.2) is 0 Å². The van der Waals surface area contributed by atoms with E-state index in [4.69, 9.17) is 57.4 Å². The number of ketones is 3. The van der Waals surface area contributed by atoms with Gasteiger partial charge in [0.2, 0.25) is 47.8 Å². The van der Waals surface area contributed by atoms with Gasteiger partial charge in [0.15, 0.2) is 28.8 Å². The van der Waals surface area contributed by atoms with E-state index in [9.17, 15) is 90.7 Å². The molecule has 0 radical (unpaired) electrons. The normalized spacial score (nSPS) is 26.4. The van der Waals surface area contributed by atoms with E-state index in [2.05, 4.69) is 63.0 Å². The lowest BCUT2D eigenvalue weighted by molar-refractivity contribution is -0.299. The van der Waals surface area contributed by atoms with Crippen molar-refractivity contribution in [2.45, 2.75) is 247 Å². The predicted molar refractivity (Wildman–Crippen MR) is 477 cm³/mol. The number of nitrogens with two attached hydrogens (primary N) is 1. The number of primary amides is 1. The van der Waals surface area contributed by atoms with Crippen LogP contribution in [0, 0.1) is 35.1 Å². The molecule has 7 aliphatic rings. The number of halogens is 2. The Morgan fingerprint density at radius 2 is 1.39 bits per heavy atom. The van der Waals surface area contributed by atoms with E-state index in [1.165, 1.54) is 30.3 Å². The topological polar surface area (TPSA) is 590 Å². The smallest absolute Gasteiger partial charge is 0.295 e. The van der Waals surface area contributed by atoms with Gasteiger partial charge in [0.25, 0.3) is 6.47 Å². The first-order valence-corrected chi connectivity index (χ1v) is 47.8. The molecule has 3 unspecified atom stereocenters. The van der Waals surface area contributed by atoms with Crippen LogP contribution in [-0.4, -0.2) is 238 Å². The fourth-order valence-electron chi connectivity index (χ4n) is 17.0. The summed E-state index contributed by atoms with van der Waals surface area (Å²) >= 11 is 14.5. The van der Waals surface area contributed by atoms with Crippen molar-refractivity contribution in [2.75, 3.05) is 19.8 Å². The molecule has 11 bridgehead atoms. The quantitative estimate of drug-likeness (QED) is 0.0132. The summed E-state index contributed by atoms with van der Waals surface area (Å²) in [6.07, 6.45) is -28.4. The lowest BCUT2D eigenvalue weighted by Gasteiger charge is -2.48. The van der Waals surface area contributed by atoms with Gasteiger partial charge in [-0.1, -0.05) is 107 Å². The maximum absolute atomic E-state index is 16.6. The van der Waals surface area contributed by atoms with Crippen molar-refractivity contribution in [1.82, 2.24) is 31.9 Å². The van der Waals surface area contributed by atoms with Gasteiger partial charge in [-0.15, -0.1) is 5.54 Å². The average molecular weight is 1890 g/mol. The number of aliphatic hydroxyl groups excluding tert-OH is 11. The first kappa shape index (κ1) is 102. The van der Waals surface area contributed by atoms with Crippen molar-refractivity contribution < 1.29 is 143 Å². The lowest BCUT2D eigenvalue weighted by atomic mass is 9.73. The molecule has 0 aromatic heterocycles. The average Bonchev–Trinajstić information content (AvgIpc) is 0.769. The number of nitrogens with one attached hydrogen (secondary N) is 6. The molecule has 36 nitrogen and oxygen atoms in total. The van der Waals surface area contributed by atoms with Crippen LogP contribution in [0.2, 0.25) is 29.7 Å². The summed E-state index contributed by atoms with van der Waals surface area (Å²) in [6, 6.07) is 14.9. The molecule has 132 heavy (non-hydrogen) atoms. The van der Waals surface area contributed by atoms with Crippen LogP contribution in [0.15, 0.2) is 97.1 Å². The molecule has 6 aromatic rings. The molecule has 6 aromatic carbocycles. The molecule has 714 valence electrons. The minimum Gasteiger partial charge on any atom is -0.507 e. The largest absolute Gasteiger partial charge is 0.507 e. The number of phenolic OH excluding ortho intramolecular Hbond substituents is 3. The molecule has 1 saturated carbocycles. The molecule has 22 atom stereocenters. The molecule has 6 aliphatic heterocycles. The van der Waals surface area contributed by atoms with Crippen LogP contribution < -0.4 is 51.8 Å². The molecular formula is C93H115Cl2N7O29Si. The highest BCUT2D eigenvalue weighted by Crippen LogP contribution is 2.52. The zero-order valence-corrected chi connectivity index (χ0v) is 76.4. The standard InChI is InChI=1S/C93H115Cl2N7O29Si/c1-9-47(26-43(2)3)87(122)100-74-63(109)31-52(34-71(96)112)88(123)99-73-51-32-68(128-66-21-18-49(76(74)113)29-58(66)94)84(131-92-85(83(120)81(118)70(41-104)130-92)127-53-27-44(4)86(121)93(5,37-53)98-38-46-15-13-45(14-16-46)23-25-132(6,7)8)69(33-51)129-67-22-19-50(30-59(67)95)77(114)75-90(125)102-91(126-42-105)56-36-62(108)57(39-97-24-11-10-12-61(107)79(116)82(119)80(117)65(111)40-103)78(115)72(56)55-28-48(17-20-60(55)106)54(35-64(73)110)89(124)101-75/h13-22,28-30,32-33,36,42-44,47,52-54,65,70,73-77,79-83,85-86,91-92,97-98,103-104,106,108,111,113-121H,9-12,24,26-27,31,34-35,37-41H2,1-8H3,(H2,96,112)(H,99,123)(H,100,122)(H,101,124)(H,102,125)/t44-,47-,52+,53-,54-,65-,70-,73-,74+,75+,76-,77-,79+,80-,81?,82-,83?,85-,86-,91-,92+,93?/m1/s1. The Morgan fingerprint density at radius 3 is 2.00 bits per heavy atom. The molecule has 1 aliphatic carbocycles. The zero-order valence-electron chi connectivity index (χ0n) is 73.8. The number of ether oxygens (including phenoxy) is 6. The summed E-state index contributed by atoms with van der Waals surface area (Å²) in [6.45, 7) is 13.2. The molecule has 2 fully saturated rings. The third-order valence-corrected chi connectivity index (χ3v) is 25.8. The highest BCUT2D eigenvalue weighted by Gasteiger charge is 2.52. The zero-order chi connectivity index (χ0) is 96.4. The van der Waals surface area contributed by atoms with Crippen LogP contribution in [-0.2, 0) is 70.5 Å². The number of benzene rings is 6. The van der Waals surface area contributed by atoms with E-state index in [1.807, 2.05) is 38.1 Å². The van der Waals surface area contributed by atoms with Gasteiger partial charge >= 0.3 is 0 Å². The van der Waals surface area contributed by atoms with Gasteiger partial charge in [0.05, 0.1) is 52.9 Å². The van der Waals surface area contributed by atoms with Gasteiger partial charge in [0, 0.05) is 72.5 Å². The van der Waals surface area contributed by atoms with Crippen molar-refractivity contribution >= 4 is 84.6 Å². The maximum atomic E-state index is 16.6. The van der Waals surface area contributed by atoms with E-state index < -0.39 is 289 Å². The molecule has 6 heterocycles. The summed E-state index contributed by atoms with van der Waals surface area (Å²) in [4.78, 5) is 132. The number of amides is 5. The van der Waals surface area contributed by atoms with Crippen molar-refractivity contribution in [3.05, 3.63) is 152 Å². The third-order valence-electron chi connectivity index (χ3n) is 24.4. The van der Waals surface area contributed by atoms with Gasteiger partial charge in [-0.05, 0) is 158 Å². The van der Waals surface area contributed by atoms with Gasteiger partial charge in [0.1, 0.15) is 116 Å². The fraction of sp³-hybridized carbons (Fsp3) is 0.495. The molecular weight excluding hydrogens is 1780 g/mol. The van der Waals surface area contributed by atoms with E-state index in [1.54, 1.807) is 20.8 Å². The second-order valence-electron chi connectivity index (χ2n) is 36.0. The molecule has 39 heteroatoms. The third kappa shape index (κ3) is 24.3. The van der Waals surface area contributed by atoms with Gasteiger partial charge in [-0.2, -0.15) is 0 Å². The summed E-state index contributed by atoms with van der Waals surface area (Å²) < 4.78 is 39.4. The number of phenols is 3. The molecule has 13 rings (SSSR count). The molecule has 5 amide bonds. The Kier molecular flexibility index (Phi) is 34.3. The minimum atomic E-state index is -2.27. The predicted octanol–water partition coefficient (Wildman–Crippen LogP) is 4.55. The summed E-state index contributed by atoms with van der Waals surface area (Å²) in [5.41, 5.74) is 7.03. The van der Waals surface area contributed by atoms with Crippen molar-refractivity contribution in [2.24, 2.45) is 29.4 Å². The number of Topliss-reactive ketones (excluding diaryl/α,β-unsaturated/α-hetero) is 3. The van der Waals surface area contributed by atoms with E-state index in [0.717, 1.165) is 53.6 Å². The monoisotopic (exact) mass is 1890 g/mol. The Labute approximate surface area is 771 Å². The number of rotatable bonds is 29. The first-order chi connectivity index (χ1) is 62.4. The van der Waals surface area contributed by atoms with Crippen molar-refractivity contribution in [3.63, 3.8) is 0 Å². The summed E-state index contributed by atoms with van der Waals surface area (Å²) in [5.74, 6) is -15.7. The van der Waals surface area contributed by atoms with Crippen LogP contribution in [0.1, 0.15) is 174 Å². The number of aromatic hydroxyl groups is 3. The Hall–Kier alpha value is -10.3. The van der Waals surface area contributed by atoms with Crippen LogP contribution in [0.4, 0.5) is 0 Å². The number of unbranched alkanes of at least 4 members (excludes halogenated alkanes) is 1. The van der Waals surface area contributed by atoms with Crippen LogP contribution in [0.3, 0.4) is 0 Å². The van der Waals surface area contributed by atoms with Crippen LogP contribution in [0.5, 0.6) is 46.0 Å². The SMILES string of the molecule is CC[C@H](CC(C)C)C(=O)N[C@H]1C(=O)C[C@@H](CC(N)=O)C(=O)N[C@H]2C(=O)C[C@H]3C(=O)N[C@H](C(=O)N[C@H](OC=O)c4cc(O)c(CNCCCCC(=O)[C@H](O)[C@@H](O)[C@H](O)[C@H](O)CO)c(O)c4-c4cc3ccc4O)[C@H](O)c3ccc(c(Cl)c3)Oc3cc2cc(c3O[C@@H]2O[C@H](CO)C(O)C(O)[C@H]2O[C@@H]2C[C@@H](C)[C@@H](O)C(C)(NCc3ccc(C#C[Si](C)(C)C)cc3)C2)Oc2ccc(cc2Cl)[C@H]1O. The fourth-order valence-corrected chi connectivity index (χ4v) is 18.0. The van der Waals surface area contributed by atoms with E-state index >= 15 is 24.0 Å². The van der Waals surface area contributed by atoms with Crippen LogP contribution in [0.25, 0.3) is 11.1 Å². The highest BCUT2D eigenvalue weighted by molar-refractivity contribution is 6.83. The van der Waals surface area contributed by atoms with Gasteiger partial charge in [-0.3, -0.25) is 43.2 Å². The second-order valence-corrected chi connectivity index (χ2v) is 41.5. The second kappa shape index (κ2) is 44.3. The van der Waals surface area contributed by atoms with Crippen molar-refractivity contribution in [1.29, 1.82) is 0 Å². The highest BCUT2D eigenvalue weighted by atomic mass is 35.5. The molecule has 22 N–H and O–H groups in total. The van der Waals surface area contributed by atoms with E-state index in [-0.39, 0.29) is 103 Å². The van der Waals surface area contributed by atoms with Crippen LogP contribution >= 0.6 is 23.2 Å².